The van der Waals surface area contributed by atoms with Crippen LogP contribution in [0.2, 0.25) is 0 Å². The molecule has 0 saturated heterocycles. The maximum Gasteiger partial charge on any atom is 0.185 e. The number of hydrogen-bond acceptors (Lipinski definition) is 5. The van der Waals surface area contributed by atoms with E-state index in [1.807, 2.05) is 0 Å². The first-order chi connectivity index (χ1) is 8.49. The van der Waals surface area contributed by atoms with E-state index in [1.54, 1.807) is 18.4 Å². The number of rotatable bonds is 7. The molecule has 0 radical (unpaired) electrons. The number of nitrogens with zero attached hydrogens (tertiary/aromatic N) is 2. The van der Waals surface area contributed by atoms with Crippen LogP contribution in [-0.2, 0) is 17.9 Å². The molecular weight excluding hydrogens is 246 g/mol. The van der Waals surface area contributed by atoms with Crippen LogP contribution in [-0.4, -0.2) is 25.2 Å². The Bertz CT molecular complexity index is 365. The van der Waals surface area contributed by atoms with Gasteiger partial charge in [0.15, 0.2) is 5.13 Å². The van der Waals surface area contributed by atoms with E-state index in [4.69, 9.17) is 10.5 Å². The highest BCUT2D eigenvalue weighted by Gasteiger charge is 2.17. The summed E-state index contributed by atoms with van der Waals surface area (Å²) in [5.41, 5.74) is 6.72. The van der Waals surface area contributed by atoms with Crippen molar-refractivity contribution in [2.24, 2.45) is 11.7 Å². The fourth-order valence-electron chi connectivity index (χ4n) is 1.96. The zero-order valence-corrected chi connectivity index (χ0v) is 12.9. The molecule has 0 fully saturated rings. The Morgan fingerprint density at radius 3 is 2.56 bits per heavy atom. The quantitative estimate of drug-likeness (QED) is 0.828. The Labute approximate surface area is 114 Å². The molecule has 5 heteroatoms. The summed E-state index contributed by atoms with van der Waals surface area (Å²) >= 11 is 1.67. The largest absolute Gasteiger partial charge is 0.378 e. The predicted molar refractivity (Wildman–Crippen MR) is 78.0 cm³/mol. The van der Waals surface area contributed by atoms with Crippen LogP contribution < -0.4 is 10.6 Å². The number of aromatic nitrogens is 1. The molecule has 0 spiro atoms. The van der Waals surface area contributed by atoms with Crippen LogP contribution in [0.5, 0.6) is 0 Å². The van der Waals surface area contributed by atoms with Crippen molar-refractivity contribution in [3.63, 3.8) is 0 Å². The van der Waals surface area contributed by atoms with Gasteiger partial charge in [-0.05, 0) is 19.3 Å². The fourth-order valence-corrected chi connectivity index (χ4v) is 2.96. The van der Waals surface area contributed by atoms with Crippen LogP contribution in [0.3, 0.4) is 0 Å². The molecule has 1 aromatic heterocycles. The summed E-state index contributed by atoms with van der Waals surface area (Å²) in [6.07, 6.45) is 1.16. The number of thiazole rings is 1. The molecular formula is C13H25N3OS. The monoisotopic (exact) mass is 271 g/mol. The molecule has 1 aromatic rings. The minimum Gasteiger partial charge on any atom is -0.378 e. The highest BCUT2D eigenvalue weighted by atomic mass is 32.1. The Hall–Kier alpha value is -0.650. The molecule has 1 atom stereocenters. The Morgan fingerprint density at radius 1 is 1.39 bits per heavy atom. The normalized spacial score (nSPS) is 13.1. The van der Waals surface area contributed by atoms with E-state index in [1.165, 1.54) is 0 Å². The van der Waals surface area contributed by atoms with E-state index >= 15 is 0 Å². The first kappa shape index (κ1) is 15.4. The summed E-state index contributed by atoms with van der Waals surface area (Å²) in [4.78, 5) is 8.00. The van der Waals surface area contributed by atoms with Crippen molar-refractivity contribution in [1.29, 1.82) is 0 Å². The van der Waals surface area contributed by atoms with E-state index in [-0.39, 0.29) is 0 Å². The lowest BCUT2D eigenvalue weighted by Crippen LogP contribution is -2.29. The van der Waals surface area contributed by atoms with Gasteiger partial charge in [0.2, 0.25) is 0 Å². The second-order valence-corrected chi connectivity index (χ2v) is 6.15. The van der Waals surface area contributed by atoms with Crippen LogP contribution in [0.15, 0.2) is 0 Å². The molecule has 0 bridgehead atoms. The first-order valence-electron chi connectivity index (χ1n) is 6.40. The van der Waals surface area contributed by atoms with E-state index in [0.717, 1.165) is 22.1 Å². The van der Waals surface area contributed by atoms with Crippen molar-refractivity contribution in [3.8, 4) is 0 Å². The minimum atomic E-state index is 0.483. The Morgan fingerprint density at radius 2 is 2.06 bits per heavy atom. The smallest absolute Gasteiger partial charge is 0.185 e. The van der Waals surface area contributed by atoms with E-state index in [2.05, 4.69) is 37.7 Å². The summed E-state index contributed by atoms with van der Waals surface area (Å²) in [5, 5.41) is 1.04. The van der Waals surface area contributed by atoms with Gasteiger partial charge < -0.3 is 15.4 Å². The lowest BCUT2D eigenvalue weighted by molar-refractivity contribution is 0.181. The van der Waals surface area contributed by atoms with E-state index in [0.29, 0.717) is 25.1 Å². The summed E-state index contributed by atoms with van der Waals surface area (Å²) in [7, 11) is 3.78. The highest BCUT2D eigenvalue weighted by molar-refractivity contribution is 7.15. The SMILES string of the molecule is COCc1nc(N(C)C(C)CC(C)C)sc1CN. The van der Waals surface area contributed by atoms with Gasteiger partial charge in [0.25, 0.3) is 0 Å². The summed E-state index contributed by atoms with van der Waals surface area (Å²) in [6.45, 7) is 7.79. The lowest BCUT2D eigenvalue weighted by atomic mass is 10.0. The lowest BCUT2D eigenvalue weighted by Gasteiger charge is -2.25. The first-order valence-corrected chi connectivity index (χ1v) is 7.21. The van der Waals surface area contributed by atoms with E-state index < -0.39 is 0 Å². The Kier molecular flexibility index (Phi) is 6.05. The highest BCUT2D eigenvalue weighted by Crippen LogP contribution is 2.28. The van der Waals surface area contributed by atoms with Gasteiger partial charge in [-0.1, -0.05) is 13.8 Å². The van der Waals surface area contributed by atoms with Crippen LogP contribution in [0.1, 0.15) is 37.8 Å². The number of anilines is 1. The van der Waals surface area contributed by atoms with Gasteiger partial charge in [0, 0.05) is 31.6 Å². The van der Waals surface area contributed by atoms with E-state index in [9.17, 15) is 0 Å². The van der Waals surface area contributed by atoms with Crippen LogP contribution in [0, 0.1) is 5.92 Å². The molecule has 0 aliphatic carbocycles. The second-order valence-electron chi connectivity index (χ2n) is 5.09. The molecule has 2 N–H and O–H groups in total. The van der Waals surface area contributed by atoms with Gasteiger partial charge >= 0.3 is 0 Å². The second kappa shape index (κ2) is 7.07. The molecule has 0 aliphatic heterocycles. The predicted octanol–water partition coefficient (Wildman–Crippen LogP) is 2.62. The summed E-state index contributed by atoms with van der Waals surface area (Å²) in [5.74, 6) is 0.690. The fraction of sp³-hybridized carbons (Fsp3) is 0.769. The van der Waals surface area contributed by atoms with Gasteiger partial charge in [-0.15, -0.1) is 11.3 Å². The maximum absolute atomic E-state index is 5.75. The zero-order valence-electron chi connectivity index (χ0n) is 12.1. The summed E-state index contributed by atoms with van der Waals surface area (Å²) < 4.78 is 5.16. The van der Waals surface area contributed by atoms with Gasteiger partial charge in [-0.3, -0.25) is 0 Å². The average Bonchev–Trinajstić information content (AvgIpc) is 2.70. The van der Waals surface area contributed by atoms with Crippen molar-refractivity contribution >= 4 is 16.5 Å². The molecule has 1 rings (SSSR count). The molecule has 1 heterocycles. The molecule has 0 aliphatic rings. The van der Waals surface area contributed by atoms with Crippen LogP contribution >= 0.6 is 11.3 Å². The molecule has 1 unspecified atom stereocenters. The number of methoxy groups -OCH3 is 1. The third kappa shape index (κ3) is 3.93. The summed E-state index contributed by atoms with van der Waals surface area (Å²) in [6, 6.07) is 0.483. The van der Waals surface area contributed by atoms with Gasteiger partial charge in [-0.2, -0.15) is 0 Å². The minimum absolute atomic E-state index is 0.483. The molecule has 18 heavy (non-hydrogen) atoms. The molecule has 0 aromatic carbocycles. The van der Waals surface area contributed by atoms with Gasteiger partial charge in [0.05, 0.1) is 12.3 Å². The molecule has 4 nitrogen and oxygen atoms in total. The Balaban J connectivity index is 2.82. The topological polar surface area (TPSA) is 51.4 Å². The number of ether oxygens (including phenoxy) is 1. The van der Waals surface area contributed by atoms with Crippen LogP contribution in [0.4, 0.5) is 5.13 Å². The van der Waals surface area contributed by atoms with Crippen molar-refractivity contribution in [2.75, 3.05) is 19.1 Å². The third-order valence-electron chi connectivity index (χ3n) is 3.01. The standard InChI is InChI=1S/C13H25N3OS/c1-9(2)6-10(3)16(4)13-15-11(8-17-5)12(7-14)18-13/h9-10H,6-8,14H2,1-5H3. The average molecular weight is 271 g/mol. The zero-order chi connectivity index (χ0) is 13.7. The number of nitrogens with two attached hydrogens (primary N) is 1. The third-order valence-corrected chi connectivity index (χ3v) is 4.22. The number of hydrogen-bond donors (Lipinski definition) is 1. The molecule has 0 amide bonds. The molecule has 104 valence electrons. The maximum atomic E-state index is 5.75. The van der Waals surface area contributed by atoms with Gasteiger partial charge in [-0.25, -0.2) is 4.98 Å². The van der Waals surface area contributed by atoms with Crippen molar-refractivity contribution in [1.82, 2.24) is 4.98 Å². The molecule has 0 saturated carbocycles. The van der Waals surface area contributed by atoms with Gasteiger partial charge in [0.1, 0.15) is 0 Å². The van der Waals surface area contributed by atoms with Crippen molar-refractivity contribution in [3.05, 3.63) is 10.6 Å². The van der Waals surface area contributed by atoms with Crippen molar-refractivity contribution < 1.29 is 4.74 Å². The van der Waals surface area contributed by atoms with Crippen molar-refractivity contribution in [2.45, 2.75) is 46.4 Å². The van der Waals surface area contributed by atoms with Crippen LogP contribution in [0.25, 0.3) is 0 Å².